The lowest BCUT2D eigenvalue weighted by molar-refractivity contribution is -0.890. The van der Waals surface area contributed by atoms with Crippen molar-refractivity contribution in [2.24, 2.45) is 0 Å². The molecule has 1 rings (SSSR count). The third-order valence-corrected chi connectivity index (χ3v) is 8.68. The molecule has 0 saturated heterocycles. The van der Waals surface area contributed by atoms with Crippen LogP contribution in [0.5, 0.6) is 0 Å². The highest BCUT2D eigenvalue weighted by Crippen LogP contribution is 2.15. The summed E-state index contributed by atoms with van der Waals surface area (Å²) in [7, 11) is 6.67. The van der Waals surface area contributed by atoms with Gasteiger partial charge >= 0.3 is 0 Å². The highest BCUT2D eigenvalue weighted by atomic mass is 35.5. The number of carbonyl (C=O) groups is 1. The van der Waals surface area contributed by atoms with Crippen molar-refractivity contribution in [1.82, 2.24) is 10.6 Å². The lowest BCUT2D eigenvalue weighted by atomic mass is 10.0. The number of hydrogen-bond acceptors (Lipinski definition) is 3. The molecule has 0 aliphatic rings. The van der Waals surface area contributed by atoms with E-state index in [0.29, 0.717) is 12.3 Å². The number of anilines is 1. The van der Waals surface area contributed by atoms with Crippen LogP contribution in [0.1, 0.15) is 128 Å². The quantitative estimate of drug-likeness (QED) is 0.0544. The second kappa shape index (κ2) is 26.1. The monoisotopic (exact) mass is 608 g/mol. The molecule has 5 nitrogen and oxygen atoms in total. The number of quaternary nitrogens is 1. The van der Waals surface area contributed by atoms with Gasteiger partial charge in [-0.05, 0) is 24.1 Å². The van der Waals surface area contributed by atoms with Crippen molar-refractivity contribution in [1.29, 1.82) is 0 Å². The molecule has 0 heterocycles. The van der Waals surface area contributed by atoms with Gasteiger partial charge in [-0.3, -0.25) is 4.79 Å². The Kier molecular flexibility index (Phi) is 24.1. The Morgan fingerprint density at radius 3 is 1.76 bits per heavy atom. The normalized spacial score (nSPS) is 11.6. The Bertz CT molecular complexity index is 755. The number of nitrogens with zero attached hydrogens (tertiary/aromatic N) is 2. The van der Waals surface area contributed by atoms with Gasteiger partial charge in [-0.25, -0.2) is 0 Å². The van der Waals surface area contributed by atoms with E-state index in [9.17, 15) is 4.79 Å². The van der Waals surface area contributed by atoms with Crippen LogP contribution in [-0.2, 0) is 11.3 Å². The Morgan fingerprint density at radius 1 is 0.738 bits per heavy atom. The molecule has 2 N–H and O–H groups in total. The second-order valence-corrected chi connectivity index (χ2v) is 13.5. The van der Waals surface area contributed by atoms with E-state index in [1.54, 1.807) is 0 Å². The van der Waals surface area contributed by atoms with Gasteiger partial charge in [-0.2, -0.15) is 0 Å². The minimum atomic E-state index is 0.234. The molecule has 6 heteroatoms. The molecule has 1 aromatic carbocycles. The van der Waals surface area contributed by atoms with Crippen molar-refractivity contribution in [3.63, 3.8) is 0 Å². The number of hydrogen-bond donors (Lipinski definition) is 2. The van der Waals surface area contributed by atoms with Gasteiger partial charge in [-0.1, -0.05) is 109 Å². The SMILES string of the molecule is CCCCCCCCCCCCCCCCCC(=O)NCCC[N+](C)(C)CCCNCc1ccc(N(C)CCCl)cc1. The van der Waals surface area contributed by atoms with Crippen LogP contribution < -0.4 is 15.5 Å². The van der Waals surface area contributed by atoms with E-state index in [2.05, 4.69) is 67.9 Å². The van der Waals surface area contributed by atoms with E-state index < -0.39 is 0 Å². The molecule has 0 atom stereocenters. The fraction of sp³-hybridized carbons (Fsp3) is 0.806. The van der Waals surface area contributed by atoms with E-state index in [-0.39, 0.29) is 5.91 Å². The summed E-state index contributed by atoms with van der Waals surface area (Å²) in [5, 5.41) is 6.73. The number of rotatable bonds is 29. The van der Waals surface area contributed by atoms with E-state index >= 15 is 0 Å². The van der Waals surface area contributed by atoms with Crippen molar-refractivity contribution in [2.75, 3.05) is 64.6 Å². The average molecular weight is 608 g/mol. The smallest absolute Gasteiger partial charge is 0.219 e. The largest absolute Gasteiger partial charge is 0.373 e. The molecule has 0 bridgehead atoms. The van der Waals surface area contributed by atoms with Crippen LogP contribution >= 0.6 is 11.6 Å². The summed E-state index contributed by atoms with van der Waals surface area (Å²) in [6.45, 7) is 8.10. The van der Waals surface area contributed by atoms with E-state index in [4.69, 9.17) is 11.6 Å². The lowest BCUT2D eigenvalue weighted by Gasteiger charge is -2.30. The van der Waals surface area contributed by atoms with E-state index in [0.717, 1.165) is 63.0 Å². The maximum Gasteiger partial charge on any atom is 0.219 e. The number of carbonyl (C=O) groups excluding carboxylic acids is 1. The zero-order valence-electron chi connectivity index (χ0n) is 28.2. The molecule has 0 aromatic heterocycles. The van der Waals surface area contributed by atoms with Crippen molar-refractivity contribution >= 4 is 23.2 Å². The summed E-state index contributed by atoms with van der Waals surface area (Å²) in [5.74, 6) is 0.876. The first-order chi connectivity index (χ1) is 20.4. The Labute approximate surface area is 266 Å². The standard InChI is InChI=1S/C36H67ClN4O/c1-5-6-7-8-9-10-11-12-13-14-15-16-17-18-19-22-36(42)39-29-21-32-41(3,4)31-20-28-38-33-34-23-25-35(26-24-34)40(2)30-27-37/h23-26,38H,5-22,27-33H2,1-4H3/p+1. The van der Waals surface area contributed by atoms with Crippen LogP contribution in [-0.4, -0.2) is 70.1 Å². The highest BCUT2D eigenvalue weighted by molar-refractivity contribution is 6.18. The van der Waals surface area contributed by atoms with Crippen LogP contribution in [0.15, 0.2) is 24.3 Å². The fourth-order valence-corrected chi connectivity index (χ4v) is 5.83. The van der Waals surface area contributed by atoms with E-state index in [1.807, 2.05) is 0 Å². The molecule has 1 aromatic rings. The third-order valence-electron chi connectivity index (χ3n) is 8.51. The van der Waals surface area contributed by atoms with Crippen LogP contribution in [0.25, 0.3) is 0 Å². The molecular weight excluding hydrogens is 540 g/mol. The van der Waals surface area contributed by atoms with Crippen molar-refractivity contribution in [3.05, 3.63) is 29.8 Å². The molecule has 0 aliphatic carbocycles. The lowest BCUT2D eigenvalue weighted by Crippen LogP contribution is -2.43. The Balaban J connectivity index is 1.92. The van der Waals surface area contributed by atoms with Gasteiger partial charge < -0.3 is 20.0 Å². The minimum Gasteiger partial charge on any atom is -0.373 e. The van der Waals surface area contributed by atoms with Crippen molar-refractivity contribution in [2.45, 2.75) is 129 Å². The first-order valence-electron chi connectivity index (χ1n) is 17.5. The summed E-state index contributed by atoms with van der Waals surface area (Å²) in [5.41, 5.74) is 2.52. The molecule has 0 spiro atoms. The highest BCUT2D eigenvalue weighted by Gasteiger charge is 2.14. The molecule has 0 unspecified atom stereocenters. The summed E-state index contributed by atoms with van der Waals surface area (Å²) < 4.78 is 0.998. The topological polar surface area (TPSA) is 44.4 Å². The summed E-state index contributed by atoms with van der Waals surface area (Å²) >= 11 is 5.84. The fourth-order valence-electron chi connectivity index (χ4n) is 5.58. The predicted molar refractivity (Wildman–Crippen MR) is 186 cm³/mol. The van der Waals surface area contributed by atoms with Crippen LogP contribution in [0.4, 0.5) is 5.69 Å². The van der Waals surface area contributed by atoms with Gasteiger partial charge in [-0.15, -0.1) is 11.6 Å². The first-order valence-corrected chi connectivity index (χ1v) is 18.1. The molecule has 0 radical (unpaired) electrons. The number of nitrogens with one attached hydrogen (secondary N) is 2. The van der Waals surface area contributed by atoms with Crippen molar-refractivity contribution in [3.8, 4) is 0 Å². The number of halogens is 1. The number of amides is 1. The zero-order valence-corrected chi connectivity index (χ0v) is 28.9. The molecule has 42 heavy (non-hydrogen) atoms. The Hall–Kier alpha value is -1.30. The number of benzene rings is 1. The molecule has 0 saturated carbocycles. The van der Waals surface area contributed by atoms with Gasteiger partial charge in [0.05, 0.1) is 27.2 Å². The van der Waals surface area contributed by atoms with Gasteiger partial charge in [0.25, 0.3) is 0 Å². The van der Waals surface area contributed by atoms with E-state index in [1.165, 1.54) is 101 Å². The van der Waals surface area contributed by atoms with Gasteiger partial charge in [0.2, 0.25) is 5.91 Å². The number of unbranched alkanes of at least 4 members (excludes halogenated alkanes) is 14. The van der Waals surface area contributed by atoms with Crippen molar-refractivity contribution < 1.29 is 9.28 Å². The summed E-state index contributed by atoms with van der Waals surface area (Å²) in [6, 6.07) is 8.73. The number of alkyl halides is 1. The van der Waals surface area contributed by atoms with Gasteiger partial charge in [0.15, 0.2) is 0 Å². The molecule has 1 amide bonds. The first kappa shape index (κ1) is 38.7. The van der Waals surface area contributed by atoms with Gasteiger partial charge in [0, 0.05) is 64.1 Å². The summed E-state index contributed by atoms with van der Waals surface area (Å²) in [4.78, 5) is 14.4. The van der Waals surface area contributed by atoms with Crippen LogP contribution in [0.2, 0.25) is 0 Å². The molecule has 0 aliphatic heterocycles. The molecule has 244 valence electrons. The molecule has 0 fully saturated rings. The second-order valence-electron chi connectivity index (χ2n) is 13.1. The summed E-state index contributed by atoms with van der Waals surface area (Å²) in [6.07, 6.45) is 23.3. The average Bonchev–Trinajstić information content (AvgIpc) is 2.97. The third kappa shape index (κ3) is 22.3. The maximum absolute atomic E-state index is 12.2. The van der Waals surface area contributed by atoms with Crippen LogP contribution in [0.3, 0.4) is 0 Å². The molecular formula is C36H68ClN4O+. The zero-order chi connectivity index (χ0) is 30.7. The maximum atomic E-state index is 12.2. The van der Waals surface area contributed by atoms with Gasteiger partial charge in [0.1, 0.15) is 0 Å². The minimum absolute atomic E-state index is 0.234. The van der Waals surface area contributed by atoms with Crippen LogP contribution in [0, 0.1) is 0 Å². The predicted octanol–water partition coefficient (Wildman–Crippen LogP) is 8.69. The Morgan fingerprint density at radius 2 is 1.24 bits per heavy atom.